The van der Waals surface area contributed by atoms with Crippen LogP contribution in [0, 0.1) is 12.7 Å². The molecule has 2 aromatic carbocycles. The Kier molecular flexibility index (Phi) is 4.47. The number of nitrogens with zero attached hydrogens (tertiary/aromatic N) is 2. The van der Waals surface area contributed by atoms with Crippen LogP contribution < -0.4 is 10.1 Å². The number of ether oxygens (including phenoxy) is 1. The second-order valence-electron chi connectivity index (χ2n) is 5.07. The van der Waals surface area contributed by atoms with Crippen LogP contribution in [0.3, 0.4) is 0 Å². The van der Waals surface area contributed by atoms with E-state index in [4.69, 9.17) is 4.74 Å². The van der Waals surface area contributed by atoms with Gasteiger partial charge in [0.15, 0.2) is 0 Å². The molecule has 0 spiro atoms. The molecule has 1 heterocycles. The van der Waals surface area contributed by atoms with Crippen LogP contribution in [0.4, 0.5) is 10.1 Å². The van der Waals surface area contributed by atoms with E-state index in [-0.39, 0.29) is 11.9 Å². The van der Waals surface area contributed by atoms with E-state index in [0.29, 0.717) is 22.6 Å². The minimum absolute atomic E-state index is 0.240. The largest absolute Gasteiger partial charge is 0.424 e. The van der Waals surface area contributed by atoms with Gasteiger partial charge in [0.2, 0.25) is 0 Å². The molecule has 3 aromatic rings. The Morgan fingerprint density at radius 3 is 2.50 bits per heavy atom. The fraction of sp³-hybridized carbons (Fsp3) is 0.0556. The molecular formula is C18H14FN3O2. The predicted molar refractivity (Wildman–Crippen MR) is 87.6 cm³/mol. The fourth-order valence-electron chi connectivity index (χ4n) is 2.09. The Morgan fingerprint density at radius 1 is 1.08 bits per heavy atom. The summed E-state index contributed by atoms with van der Waals surface area (Å²) in [6, 6.07) is 12.8. The van der Waals surface area contributed by atoms with Gasteiger partial charge in [0.1, 0.15) is 11.6 Å². The van der Waals surface area contributed by atoms with Crippen molar-refractivity contribution < 1.29 is 13.9 Å². The van der Waals surface area contributed by atoms with Gasteiger partial charge in [-0.1, -0.05) is 6.07 Å². The number of halogens is 1. The Hall–Kier alpha value is -3.28. The molecule has 0 saturated heterocycles. The van der Waals surface area contributed by atoms with Gasteiger partial charge >= 0.3 is 6.01 Å². The summed E-state index contributed by atoms with van der Waals surface area (Å²) in [5, 5.41) is 2.72. The van der Waals surface area contributed by atoms with Crippen molar-refractivity contribution in [1.82, 2.24) is 9.97 Å². The van der Waals surface area contributed by atoms with Crippen LogP contribution in [0.15, 0.2) is 60.9 Å². The second kappa shape index (κ2) is 6.87. The van der Waals surface area contributed by atoms with E-state index in [0.717, 1.165) is 0 Å². The van der Waals surface area contributed by atoms with Crippen LogP contribution in [0.5, 0.6) is 11.8 Å². The van der Waals surface area contributed by atoms with Crippen molar-refractivity contribution in [3.63, 3.8) is 0 Å². The number of aryl methyl sites for hydroxylation is 1. The van der Waals surface area contributed by atoms with E-state index in [2.05, 4.69) is 15.3 Å². The van der Waals surface area contributed by atoms with Gasteiger partial charge < -0.3 is 10.1 Å². The summed E-state index contributed by atoms with van der Waals surface area (Å²) in [6.07, 6.45) is 3.16. The summed E-state index contributed by atoms with van der Waals surface area (Å²) >= 11 is 0. The van der Waals surface area contributed by atoms with Gasteiger partial charge in [0.05, 0.1) is 0 Å². The Labute approximate surface area is 138 Å². The minimum atomic E-state index is -0.447. The number of carbonyl (C=O) groups excluding carboxylic acids is 1. The molecule has 120 valence electrons. The van der Waals surface area contributed by atoms with E-state index in [9.17, 15) is 9.18 Å². The van der Waals surface area contributed by atoms with E-state index in [1.165, 1.54) is 12.1 Å². The van der Waals surface area contributed by atoms with Crippen LogP contribution in [0.2, 0.25) is 0 Å². The van der Waals surface area contributed by atoms with E-state index in [1.54, 1.807) is 55.7 Å². The number of amides is 1. The molecule has 0 aliphatic heterocycles. The van der Waals surface area contributed by atoms with E-state index >= 15 is 0 Å². The maximum Gasteiger partial charge on any atom is 0.321 e. The Morgan fingerprint density at radius 2 is 1.79 bits per heavy atom. The van der Waals surface area contributed by atoms with Crippen molar-refractivity contribution in [1.29, 1.82) is 0 Å². The third-order valence-electron chi connectivity index (χ3n) is 3.31. The molecule has 3 rings (SSSR count). The van der Waals surface area contributed by atoms with Crippen LogP contribution >= 0.6 is 0 Å². The monoisotopic (exact) mass is 323 g/mol. The molecule has 0 radical (unpaired) electrons. The van der Waals surface area contributed by atoms with E-state index in [1.807, 2.05) is 0 Å². The molecule has 24 heavy (non-hydrogen) atoms. The number of hydrogen-bond donors (Lipinski definition) is 1. The summed E-state index contributed by atoms with van der Waals surface area (Å²) in [5.41, 5.74) is 1.58. The van der Waals surface area contributed by atoms with Crippen molar-refractivity contribution in [2.24, 2.45) is 0 Å². The van der Waals surface area contributed by atoms with Gasteiger partial charge in [-0.2, -0.15) is 0 Å². The van der Waals surface area contributed by atoms with Crippen molar-refractivity contribution in [2.75, 3.05) is 5.32 Å². The first kappa shape index (κ1) is 15.6. The summed E-state index contributed by atoms with van der Waals surface area (Å²) in [7, 11) is 0. The van der Waals surface area contributed by atoms with Gasteiger partial charge in [-0.15, -0.1) is 0 Å². The minimum Gasteiger partial charge on any atom is -0.424 e. The van der Waals surface area contributed by atoms with Crippen LogP contribution in [0.1, 0.15) is 15.9 Å². The lowest BCUT2D eigenvalue weighted by atomic mass is 10.1. The molecule has 0 atom stereocenters. The molecule has 0 fully saturated rings. The first-order valence-electron chi connectivity index (χ1n) is 7.24. The van der Waals surface area contributed by atoms with Crippen LogP contribution in [-0.2, 0) is 0 Å². The topological polar surface area (TPSA) is 64.1 Å². The molecule has 6 heteroatoms. The number of nitrogens with one attached hydrogen (secondary N) is 1. The number of aromatic nitrogens is 2. The molecule has 5 nitrogen and oxygen atoms in total. The van der Waals surface area contributed by atoms with Gasteiger partial charge in [0.25, 0.3) is 5.91 Å². The molecule has 0 aliphatic carbocycles. The van der Waals surface area contributed by atoms with E-state index < -0.39 is 5.82 Å². The molecule has 1 aromatic heterocycles. The predicted octanol–water partition coefficient (Wildman–Crippen LogP) is 3.97. The van der Waals surface area contributed by atoms with Crippen LogP contribution in [-0.4, -0.2) is 15.9 Å². The lowest BCUT2D eigenvalue weighted by molar-refractivity contribution is 0.102. The third-order valence-corrected chi connectivity index (χ3v) is 3.31. The zero-order valence-electron chi connectivity index (χ0n) is 12.9. The number of benzene rings is 2. The highest BCUT2D eigenvalue weighted by Crippen LogP contribution is 2.20. The fourth-order valence-corrected chi connectivity index (χ4v) is 2.09. The number of rotatable bonds is 4. The SMILES string of the molecule is Cc1ccc(F)cc1C(=O)Nc1ccc(Oc2ncccn2)cc1. The normalized spacial score (nSPS) is 10.2. The lowest BCUT2D eigenvalue weighted by Crippen LogP contribution is -2.13. The first-order valence-corrected chi connectivity index (χ1v) is 7.24. The second-order valence-corrected chi connectivity index (χ2v) is 5.07. The Bertz CT molecular complexity index is 852. The smallest absolute Gasteiger partial charge is 0.321 e. The lowest BCUT2D eigenvalue weighted by Gasteiger charge is -2.09. The maximum absolute atomic E-state index is 13.3. The summed E-state index contributed by atoms with van der Waals surface area (Å²) < 4.78 is 18.8. The van der Waals surface area contributed by atoms with Crippen molar-refractivity contribution in [2.45, 2.75) is 6.92 Å². The third kappa shape index (κ3) is 3.73. The average molecular weight is 323 g/mol. The van der Waals surface area contributed by atoms with Gasteiger partial charge in [-0.3, -0.25) is 4.79 Å². The Balaban J connectivity index is 1.70. The molecule has 0 aliphatic rings. The van der Waals surface area contributed by atoms with Gasteiger partial charge in [-0.05, 0) is 55.0 Å². The molecule has 0 unspecified atom stereocenters. The molecule has 1 N–H and O–H groups in total. The summed E-state index contributed by atoms with van der Waals surface area (Å²) in [6.45, 7) is 1.76. The number of carbonyl (C=O) groups is 1. The first-order chi connectivity index (χ1) is 11.6. The number of hydrogen-bond acceptors (Lipinski definition) is 4. The van der Waals surface area contributed by atoms with Crippen LogP contribution in [0.25, 0.3) is 0 Å². The molecule has 0 saturated carbocycles. The molecular weight excluding hydrogens is 309 g/mol. The van der Waals surface area contributed by atoms with Gasteiger partial charge in [0, 0.05) is 23.6 Å². The quantitative estimate of drug-likeness (QED) is 0.789. The number of anilines is 1. The van der Waals surface area contributed by atoms with Crippen molar-refractivity contribution in [3.05, 3.63) is 77.9 Å². The molecule has 1 amide bonds. The maximum atomic E-state index is 13.3. The zero-order valence-corrected chi connectivity index (χ0v) is 12.9. The van der Waals surface area contributed by atoms with Gasteiger partial charge in [-0.25, -0.2) is 14.4 Å². The zero-order chi connectivity index (χ0) is 16.9. The highest BCUT2D eigenvalue weighted by atomic mass is 19.1. The standard InChI is InChI=1S/C18H14FN3O2/c1-12-3-4-13(19)11-16(12)17(23)22-14-5-7-15(8-6-14)24-18-20-9-2-10-21-18/h2-11H,1H3,(H,22,23). The highest BCUT2D eigenvalue weighted by Gasteiger charge is 2.10. The average Bonchev–Trinajstić information content (AvgIpc) is 2.59. The molecule has 0 bridgehead atoms. The van der Waals surface area contributed by atoms with Crippen molar-refractivity contribution >= 4 is 11.6 Å². The highest BCUT2D eigenvalue weighted by molar-refractivity contribution is 6.05. The summed E-state index contributed by atoms with van der Waals surface area (Å²) in [5.74, 6) is -0.273. The van der Waals surface area contributed by atoms with Crippen molar-refractivity contribution in [3.8, 4) is 11.8 Å². The summed E-state index contributed by atoms with van der Waals surface area (Å²) in [4.78, 5) is 20.2.